The van der Waals surface area contributed by atoms with Gasteiger partial charge >= 0.3 is 5.97 Å². The van der Waals surface area contributed by atoms with Crippen LogP contribution in [-0.4, -0.2) is 24.2 Å². The van der Waals surface area contributed by atoms with Crippen LogP contribution in [0.4, 0.5) is 4.39 Å². The average Bonchev–Trinajstić information content (AvgIpc) is 2.77. The van der Waals surface area contributed by atoms with Crippen LogP contribution in [0.25, 0.3) is 0 Å². The van der Waals surface area contributed by atoms with Gasteiger partial charge in [-0.05, 0) is 26.0 Å². The summed E-state index contributed by atoms with van der Waals surface area (Å²) in [6.45, 7) is 3.31. The van der Waals surface area contributed by atoms with E-state index in [2.05, 4.69) is 5.32 Å². The largest absolute Gasteiger partial charge is 0.448 e. The summed E-state index contributed by atoms with van der Waals surface area (Å²) in [5.74, 6) is -2.62. The molecule has 3 aromatic carbocycles. The van der Waals surface area contributed by atoms with Gasteiger partial charge in [0, 0.05) is 11.1 Å². The smallest absolute Gasteiger partial charge is 0.326 e. The zero-order valence-corrected chi connectivity index (χ0v) is 17.2. The molecule has 1 atom stereocenters. The third-order valence-corrected chi connectivity index (χ3v) is 4.72. The molecule has 0 aliphatic carbocycles. The lowest BCUT2D eigenvalue weighted by Gasteiger charge is -2.18. The number of ketones is 1. The zero-order chi connectivity index (χ0) is 22.4. The van der Waals surface area contributed by atoms with Gasteiger partial charge in [-0.15, -0.1) is 0 Å². The number of ether oxygens (including phenoxy) is 1. The van der Waals surface area contributed by atoms with Gasteiger partial charge in [-0.1, -0.05) is 71.8 Å². The number of nitrogens with one attached hydrogen (secondary N) is 1. The van der Waals surface area contributed by atoms with E-state index in [1.165, 1.54) is 18.2 Å². The van der Waals surface area contributed by atoms with E-state index in [0.717, 1.165) is 17.2 Å². The predicted molar refractivity (Wildman–Crippen MR) is 114 cm³/mol. The Morgan fingerprint density at radius 1 is 0.871 bits per heavy atom. The lowest BCUT2D eigenvalue weighted by atomic mass is 9.98. The molecule has 0 saturated heterocycles. The molecular weight excluding hydrogens is 397 g/mol. The van der Waals surface area contributed by atoms with Gasteiger partial charge in [-0.2, -0.15) is 0 Å². The number of carbonyl (C=O) groups is 3. The third kappa shape index (κ3) is 5.63. The summed E-state index contributed by atoms with van der Waals surface area (Å²) in [5.41, 5.74) is 2.73. The molecule has 31 heavy (non-hydrogen) atoms. The lowest BCUT2D eigenvalue weighted by molar-refractivity contribution is -0.146. The van der Waals surface area contributed by atoms with Crippen molar-refractivity contribution in [2.75, 3.05) is 6.54 Å². The first kappa shape index (κ1) is 21.9. The molecule has 0 aliphatic heterocycles. The van der Waals surface area contributed by atoms with Gasteiger partial charge in [-0.25, -0.2) is 4.39 Å². The van der Waals surface area contributed by atoms with Crippen molar-refractivity contribution in [1.29, 1.82) is 0 Å². The first-order valence-corrected chi connectivity index (χ1v) is 9.75. The Balaban J connectivity index is 1.74. The Hall–Kier alpha value is -3.80. The monoisotopic (exact) mass is 419 g/mol. The van der Waals surface area contributed by atoms with Crippen molar-refractivity contribution < 1.29 is 23.5 Å². The highest BCUT2D eigenvalue weighted by molar-refractivity contribution is 6.01. The van der Waals surface area contributed by atoms with E-state index in [9.17, 15) is 18.8 Å². The van der Waals surface area contributed by atoms with Gasteiger partial charge < -0.3 is 10.1 Å². The normalized spacial score (nSPS) is 11.5. The number of rotatable bonds is 7. The summed E-state index contributed by atoms with van der Waals surface area (Å²) in [7, 11) is 0. The average molecular weight is 419 g/mol. The van der Waals surface area contributed by atoms with Gasteiger partial charge in [0.25, 0.3) is 5.91 Å². The molecule has 0 unspecified atom stereocenters. The summed E-state index contributed by atoms with van der Waals surface area (Å²) in [4.78, 5) is 37.6. The second kappa shape index (κ2) is 9.80. The van der Waals surface area contributed by atoms with Crippen LogP contribution in [0.1, 0.15) is 43.5 Å². The molecule has 0 radical (unpaired) electrons. The third-order valence-electron chi connectivity index (χ3n) is 4.72. The molecule has 1 N–H and O–H groups in total. The van der Waals surface area contributed by atoms with E-state index in [-0.39, 0.29) is 11.3 Å². The number of esters is 1. The Kier molecular flexibility index (Phi) is 6.92. The SMILES string of the molecule is Cc1ccc(C(=O)[C@@H](OC(=O)CNC(=O)c2ccccc2F)c2ccc(C)cc2)cc1. The molecule has 0 heterocycles. The highest BCUT2D eigenvalue weighted by atomic mass is 19.1. The fourth-order valence-electron chi connectivity index (χ4n) is 2.95. The molecular formula is C25H22FNO4. The van der Waals surface area contributed by atoms with Gasteiger partial charge in [0.05, 0.1) is 5.56 Å². The highest BCUT2D eigenvalue weighted by Crippen LogP contribution is 2.23. The Morgan fingerprint density at radius 2 is 1.45 bits per heavy atom. The Morgan fingerprint density at radius 3 is 2.06 bits per heavy atom. The van der Waals surface area contributed by atoms with Crippen LogP contribution in [0.2, 0.25) is 0 Å². The van der Waals surface area contributed by atoms with Gasteiger partial charge in [0.1, 0.15) is 12.4 Å². The number of halogens is 1. The van der Waals surface area contributed by atoms with Crippen molar-refractivity contribution in [3.63, 3.8) is 0 Å². The minimum Gasteiger partial charge on any atom is -0.448 e. The minimum atomic E-state index is -1.17. The molecule has 3 aromatic rings. The molecule has 1 amide bonds. The minimum absolute atomic E-state index is 0.180. The van der Waals surface area contributed by atoms with Crippen LogP contribution in [-0.2, 0) is 9.53 Å². The van der Waals surface area contributed by atoms with Crippen molar-refractivity contribution in [3.05, 3.63) is 106 Å². The summed E-state index contributed by atoms with van der Waals surface area (Å²) in [6.07, 6.45) is -1.17. The number of aryl methyl sites for hydroxylation is 2. The molecule has 0 aliphatic rings. The molecule has 0 bridgehead atoms. The summed E-state index contributed by atoms with van der Waals surface area (Å²) >= 11 is 0. The van der Waals surface area contributed by atoms with Crippen molar-refractivity contribution >= 4 is 17.7 Å². The van der Waals surface area contributed by atoms with Crippen LogP contribution < -0.4 is 5.32 Å². The number of amides is 1. The van der Waals surface area contributed by atoms with Crippen LogP contribution in [0, 0.1) is 19.7 Å². The second-order valence-electron chi connectivity index (χ2n) is 7.17. The van der Waals surface area contributed by atoms with Gasteiger partial charge in [0.2, 0.25) is 5.78 Å². The maximum Gasteiger partial charge on any atom is 0.326 e. The van der Waals surface area contributed by atoms with E-state index in [4.69, 9.17) is 4.74 Å². The second-order valence-corrected chi connectivity index (χ2v) is 7.17. The van der Waals surface area contributed by atoms with Gasteiger partial charge in [0.15, 0.2) is 6.10 Å². The van der Waals surface area contributed by atoms with Crippen LogP contribution in [0.3, 0.4) is 0 Å². The maximum absolute atomic E-state index is 13.7. The van der Waals surface area contributed by atoms with Crippen molar-refractivity contribution in [2.24, 2.45) is 0 Å². The van der Waals surface area contributed by atoms with E-state index in [0.29, 0.717) is 11.1 Å². The van der Waals surface area contributed by atoms with Crippen LogP contribution in [0.15, 0.2) is 72.8 Å². The summed E-state index contributed by atoms with van der Waals surface area (Å²) in [6, 6.07) is 19.5. The number of benzene rings is 3. The summed E-state index contributed by atoms with van der Waals surface area (Å²) in [5, 5.41) is 2.33. The van der Waals surface area contributed by atoms with Crippen molar-refractivity contribution in [3.8, 4) is 0 Å². The van der Waals surface area contributed by atoms with E-state index >= 15 is 0 Å². The molecule has 6 heteroatoms. The van der Waals surface area contributed by atoms with E-state index < -0.39 is 30.3 Å². The molecule has 0 saturated carbocycles. The Bertz CT molecular complexity index is 1090. The Labute approximate surface area is 179 Å². The number of hydrogen-bond acceptors (Lipinski definition) is 4. The van der Waals surface area contributed by atoms with Crippen molar-refractivity contribution in [2.45, 2.75) is 20.0 Å². The number of carbonyl (C=O) groups excluding carboxylic acids is 3. The van der Waals surface area contributed by atoms with Crippen LogP contribution in [0.5, 0.6) is 0 Å². The topological polar surface area (TPSA) is 72.5 Å². The fraction of sp³-hybridized carbons (Fsp3) is 0.160. The molecule has 0 aromatic heterocycles. The van der Waals surface area contributed by atoms with Crippen molar-refractivity contribution in [1.82, 2.24) is 5.32 Å². The van der Waals surface area contributed by atoms with E-state index in [1.54, 1.807) is 36.4 Å². The van der Waals surface area contributed by atoms with Crippen LogP contribution >= 0.6 is 0 Å². The summed E-state index contributed by atoms with van der Waals surface area (Å²) < 4.78 is 19.2. The lowest BCUT2D eigenvalue weighted by Crippen LogP contribution is -2.33. The first-order valence-electron chi connectivity index (χ1n) is 9.75. The number of Topliss-reactive ketones (excluding diaryl/α,β-unsaturated/α-hetero) is 1. The quantitative estimate of drug-likeness (QED) is 0.457. The van der Waals surface area contributed by atoms with E-state index in [1.807, 2.05) is 26.0 Å². The van der Waals surface area contributed by atoms with Gasteiger partial charge in [-0.3, -0.25) is 14.4 Å². The number of hydrogen-bond donors (Lipinski definition) is 1. The molecule has 3 rings (SSSR count). The predicted octanol–water partition coefficient (Wildman–Crippen LogP) is 4.34. The standard InChI is InChI=1S/C25H22FNO4/c1-16-7-11-18(12-8-16)23(29)24(19-13-9-17(2)10-14-19)31-22(28)15-27-25(30)20-5-3-4-6-21(20)26/h3-14,24H,15H2,1-2H3,(H,27,30)/t24-/m0/s1. The molecule has 5 nitrogen and oxygen atoms in total. The highest BCUT2D eigenvalue weighted by Gasteiger charge is 2.26. The molecule has 0 fully saturated rings. The maximum atomic E-state index is 13.7. The first-order chi connectivity index (χ1) is 14.8. The fourth-order valence-corrected chi connectivity index (χ4v) is 2.95. The molecule has 0 spiro atoms. The molecule has 158 valence electrons. The zero-order valence-electron chi connectivity index (χ0n) is 17.2.